The summed E-state index contributed by atoms with van der Waals surface area (Å²) in [6, 6.07) is 9.26. The lowest BCUT2D eigenvalue weighted by Gasteiger charge is -2.36. The summed E-state index contributed by atoms with van der Waals surface area (Å²) in [5.41, 5.74) is 1.73. The van der Waals surface area contributed by atoms with Crippen molar-refractivity contribution in [2.45, 2.75) is 12.8 Å². The van der Waals surface area contributed by atoms with E-state index in [0.29, 0.717) is 18.7 Å². The smallest absolute Gasteiger partial charge is 0.406 e. The van der Waals surface area contributed by atoms with Crippen molar-refractivity contribution >= 4 is 11.6 Å². The number of aromatic nitrogens is 1. The lowest BCUT2D eigenvalue weighted by Crippen LogP contribution is -2.49. The summed E-state index contributed by atoms with van der Waals surface area (Å²) >= 11 is 0. The fourth-order valence-electron chi connectivity index (χ4n) is 2.86. The molecule has 3 rings (SSSR count). The molecule has 5 nitrogen and oxygen atoms in total. The molecular formula is C18H18F3N3O2. The highest BCUT2D eigenvalue weighted by Crippen LogP contribution is 2.23. The molecule has 1 aromatic carbocycles. The molecule has 0 N–H and O–H groups in total. The van der Waals surface area contributed by atoms with Crippen LogP contribution in [0.2, 0.25) is 0 Å². The molecule has 0 spiro atoms. The Balaban J connectivity index is 1.51. The Hall–Kier alpha value is -2.77. The molecule has 8 heteroatoms. The van der Waals surface area contributed by atoms with Gasteiger partial charge in [0, 0.05) is 44.3 Å². The van der Waals surface area contributed by atoms with E-state index in [2.05, 4.69) is 14.6 Å². The number of nitrogens with zero attached hydrogens (tertiary/aromatic N) is 3. The number of piperazine rings is 1. The summed E-state index contributed by atoms with van der Waals surface area (Å²) in [6.45, 7) is 2.68. The molecule has 26 heavy (non-hydrogen) atoms. The predicted octanol–water partition coefficient (Wildman–Crippen LogP) is 2.87. The molecule has 138 valence electrons. The molecule has 0 saturated carbocycles. The molecule has 0 unspecified atom stereocenters. The van der Waals surface area contributed by atoms with Crippen molar-refractivity contribution in [3.63, 3.8) is 0 Å². The molecule has 1 aliphatic rings. The molecular weight excluding hydrogens is 347 g/mol. The Labute approximate surface area is 149 Å². The van der Waals surface area contributed by atoms with E-state index in [-0.39, 0.29) is 18.1 Å². The molecule has 2 heterocycles. The largest absolute Gasteiger partial charge is 0.573 e. The minimum absolute atomic E-state index is 0.0381. The first-order valence-electron chi connectivity index (χ1n) is 8.18. The second-order valence-electron chi connectivity index (χ2n) is 5.94. The molecule has 0 radical (unpaired) electrons. The Bertz CT molecular complexity index is 728. The van der Waals surface area contributed by atoms with Gasteiger partial charge in [-0.05, 0) is 29.8 Å². The van der Waals surface area contributed by atoms with E-state index >= 15 is 0 Å². The fraction of sp³-hybridized carbons (Fsp3) is 0.333. The first-order valence-corrected chi connectivity index (χ1v) is 8.18. The second-order valence-corrected chi connectivity index (χ2v) is 5.94. The Morgan fingerprint density at radius 1 is 1.00 bits per heavy atom. The molecule has 1 fully saturated rings. The van der Waals surface area contributed by atoms with E-state index in [0.717, 1.165) is 18.8 Å². The molecule has 2 aromatic rings. The van der Waals surface area contributed by atoms with Gasteiger partial charge >= 0.3 is 6.36 Å². The monoisotopic (exact) mass is 365 g/mol. The minimum Gasteiger partial charge on any atom is -0.406 e. The number of amides is 1. The van der Waals surface area contributed by atoms with Crippen molar-refractivity contribution in [2.24, 2.45) is 0 Å². The van der Waals surface area contributed by atoms with E-state index in [1.165, 1.54) is 24.3 Å². The maximum Gasteiger partial charge on any atom is 0.573 e. The van der Waals surface area contributed by atoms with Crippen LogP contribution in [-0.4, -0.2) is 48.3 Å². The third-order valence-electron chi connectivity index (χ3n) is 4.17. The van der Waals surface area contributed by atoms with Gasteiger partial charge in [0.15, 0.2) is 0 Å². The number of alkyl halides is 3. The number of hydrogen-bond donors (Lipinski definition) is 0. The number of ether oxygens (including phenoxy) is 1. The van der Waals surface area contributed by atoms with Crippen LogP contribution in [0.4, 0.5) is 18.9 Å². The van der Waals surface area contributed by atoms with Gasteiger partial charge in [0.25, 0.3) is 0 Å². The lowest BCUT2D eigenvalue weighted by molar-refractivity contribution is -0.274. The average Bonchev–Trinajstić information content (AvgIpc) is 2.63. The predicted molar refractivity (Wildman–Crippen MR) is 89.9 cm³/mol. The van der Waals surface area contributed by atoms with Gasteiger partial charge in [0.1, 0.15) is 5.75 Å². The fourth-order valence-corrected chi connectivity index (χ4v) is 2.86. The maximum atomic E-state index is 12.4. The van der Waals surface area contributed by atoms with Crippen LogP contribution < -0.4 is 9.64 Å². The Morgan fingerprint density at radius 2 is 1.62 bits per heavy atom. The number of anilines is 1. The van der Waals surface area contributed by atoms with Crippen molar-refractivity contribution in [3.05, 3.63) is 54.4 Å². The summed E-state index contributed by atoms with van der Waals surface area (Å²) < 4.78 is 40.3. The van der Waals surface area contributed by atoms with E-state index in [9.17, 15) is 18.0 Å². The van der Waals surface area contributed by atoms with Crippen molar-refractivity contribution in [1.29, 1.82) is 0 Å². The number of hydrogen-bond acceptors (Lipinski definition) is 4. The molecule has 1 amide bonds. The second kappa shape index (κ2) is 7.63. The number of rotatable bonds is 4. The zero-order chi connectivity index (χ0) is 18.6. The highest BCUT2D eigenvalue weighted by molar-refractivity contribution is 5.79. The SMILES string of the molecule is O=C(Cc1ccc(OC(F)(F)F)cc1)N1CCN(c2ccncc2)CC1. The zero-order valence-electron chi connectivity index (χ0n) is 13.9. The molecule has 0 atom stereocenters. The lowest BCUT2D eigenvalue weighted by atomic mass is 10.1. The average molecular weight is 365 g/mol. The number of carbonyl (C=O) groups is 1. The van der Waals surface area contributed by atoms with Crippen LogP contribution in [0.3, 0.4) is 0 Å². The van der Waals surface area contributed by atoms with Crippen molar-refractivity contribution in [3.8, 4) is 5.75 Å². The van der Waals surface area contributed by atoms with Gasteiger partial charge in [0.2, 0.25) is 5.91 Å². The molecule has 1 aromatic heterocycles. The molecule has 1 aliphatic heterocycles. The summed E-state index contributed by atoms with van der Waals surface area (Å²) in [5.74, 6) is -0.330. The summed E-state index contributed by atoms with van der Waals surface area (Å²) in [6.07, 6.45) is -1.09. The number of halogens is 3. The van der Waals surface area contributed by atoms with Crippen LogP contribution in [0.1, 0.15) is 5.56 Å². The maximum absolute atomic E-state index is 12.4. The number of carbonyl (C=O) groups excluding carboxylic acids is 1. The van der Waals surface area contributed by atoms with Gasteiger partial charge in [-0.1, -0.05) is 12.1 Å². The van der Waals surface area contributed by atoms with Crippen molar-refractivity contribution in [2.75, 3.05) is 31.1 Å². The Morgan fingerprint density at radius 3 is 2.19 bits per heavy atom. The summed E-state index contributed by atoms with van der Waals surface area (Å²) in [7, 11) is 0. The zero-order valence-corrected chi connectivity index (χ0v) is 13.9. The highest BCUT2D eigenvalue weighted by Gasteiger charge is 2.31. The first kappa shape index (κ1) is 18.0. The van der Waals surface area contributed by atoms with E-state index < -0.39 is 6.36 Å². The highest BCUT2D eigenvalue weighted by atomic mass is 19.4. The van der Waals surface area contributed by atoms with Gasteiger partial charge in [-0.2, -0.15) is 0 Å². The van der Waals surface area contributed by atoms with Crippen LogP contribution >= 0.6 is 0 Å². The van der Waals surface area contributed by atoms with Crippen LogP contribution in [0.5, 0.6) is 5.75 Å². The van der Waals surface area contributed by atoms with Gasteiger partial charge in [-0.25, -0.2) is 0 Å². The van der Waals surface area contributed by atoms with Crippen molar-refractivity contribution < 1.29 is 22.7 Å². The third-order valence-corrected chi connectivity index (χ3v) is 4.17. The van der Waals surface area contributed by atoms with Gasteiger partial charge in [-0.15, -0.1) is 13.2 Å². The Kier molecular flexibility index (Phi) is 5.29. The summed E-state index contributed by atoms with van der Waals surface area (Å²) in [5, 5.41) is 0. The third kappa shape index (κ3) is 4.87. The van der Waals surface area contributed by atoms with Gasteiger partial charge in [-0.3, -0.25) is 9.78 Å². The van der Waals surface area contributed by atoms with Gasteiger partial charge < -0.3 is 14.5 Å². The normalized spacial score (nSPS) is 15.0. The molecule has 0 aliphatic carbocycles. The van der Waals surface area contributed by atoms with Crippen LogP contribution in [-0.2, 0) is 11.2 Å². The standard InChI is InChI=1S/C18H18F3N3O2/c19-18(20,21)26-16-3-1-14(2-4-16)13-17(25)24-11-9-23(10-12-24)15-5-7-22-8-6-15/h1-8H,9-13H2. The first-order chi connectivity index (χ1) is 12.4. The van der Waals surface area contributed by atoms with Crippen LogP contribution in [0.25, 0.3) is 0 Å². The molecule has 0 bridgehead atoms. The minimum atomic E-state index is -4.72. The number of benzene rings is 1. The van der Waals surface area contributed by atoms with E-state index in [1.54, 1.807) is 17.3 Å². The van der Waals surface area contributed by atoms with Crippen LogP contribution in [0, 0.1) is 0 Å². The topological polar surface area (TPSA) is 45.7 Å². The molecule has 1 saturated heterocycles. The van der Waals surface area contributed by atoms with Gasteiger partial charge in [0.05, 0.1) is 6.42 Å². The quantitative estimate of drug-likeness (QED) is 0.836. The van der Waals surface area contributed by atoms with E-state index in [1.807, 2.05) is 12.1 Å². The van der Waals surface area contributed by atoms with Crippen LogP contribution in [0.15, 0.2) is 48.8 Å². The van der Waals surface area contributed by atoms with E-state index in [4.69, 9.17) is 0 Å². The van der Waals surface area contributed by atoms with Crippen molar-refractivity contribution in [1.82, 2.24) is 9.88 Å². The summed E-state index contributed by atoms with van der Waals surface area (Å²) in [4.78, 5) is 20.4. The number of pyridine rings is 1.